The average Bonchev–Trinajstić information content (AvgIpc) is 0.813. The van der Waals surface area contributed by atoms with E-state index in [0.717, 1.165) is 30.7 Å². The molecule has 0 bridgehead atoms. The molecule has 0 aliphatic carbocycles. The minimum atomic E-state index is -4.12. The smallest absolute Gasteiger partial charge is 0.302 e. The van der Waals surface area contributed by atoms with Gasteiger partial charge >= 0.3 is 35.4 Å². The molecular formula is C96H120N36O6. The number of H-pyrrole nitrogens is 6. The maximum atomic E-state index is 13.0. The van der Waals surface area contributed by atoms with Gasteiger partial charge in [0, 0.05) is 201 Å². The Balaban J connectivity index is 0.000000195. The lowest BCUT2D eigenvalue weighted by molar-refractivity contribution is -0.131. The van der Waals surface area contributed by atoms with Crippen LogP contribution in [0.5, 0.6) is 0 Å². The molecule has 0 saturated carbocycles. The summed E-state index contributed by atoms with van der Waals surface area (Å²) in [6, 6.07) is -8.01. The molecule has 6 aliphatic rings. The second-order valence-electron chi connectivity index (χ2n) is 28.9. The molecule has 6 N–H and O–H groups in total. The van der Waals surface area contributed by atoms with Crippen LogP contribution in [0.1, 0.15) is 168 Å². The molecule has 18 rings (SSSR count). The highest BCUT2D eigenvalue weighted by atomic mass is 16.2. The van der Waals surface area contributed by atoms with Gasteiger partial charge in [0.25, 0.3) is 39.0 Å². The standard InChI is InChI=1S/6C16H20N6O/c6*1-11-5-7-22(14(23)8-17-2)9-13(11)21(3)16-12-4-6-18-15(12)19-10-20-16/h6*4,6,10-11,13H,5,7-9H2,1,3H3,(H,18,19,20)/t6*11-,13+/m111111/s1/i1D3,3D3,7D2,8D2,9D2,10D,11D,13D;3D3,7D2,8D2,9D2,10D,11D,13D;1D3,7D2,8D2,9D2,10D,11D,13D;7D2,8D2,9D2,10D,11D,13D;1D3,3D3,7D2,8D2,9D2,10D;9D2,10D. The second kappa shape index (κ2) is 46.5. The van der Waals surface area contributed by atoms with Gasteiger partial charge in [-0.25, -0.2) is 99.2 Å². The Bertz CT molecular complexity index is 9720. The Morgan fingerprint density at radius 3 is 0.928 bits per heavy atom. The lowest BCUT2D eigenvalue weighted by Crippen LogP contribution is -2.53. The van der Waals surface area contributed by atoms with Crippen molar-refractivity contribution in [2.24, 2.45) is 35.4 Å². The van der Waals surface area contributed by atoms with Gasteiger partial charge in [0.2, 0.25) is 0 Å². The Hall–Kier alpha value is -15.7. The van der Waals surface area contributed by atoms with Crippen LogP contribution in [-0.2, 0) is 28.8 Å². The van der Waals surface area contributed by atoms with Gasteiger partial charge in [-0.05, 0) is 110 Å². The van der Waals surface area contributed by atoms with Gasteiger partial charge in [0.05, 0.1) is 90.4 Å². The maximum absolute atomic E-state index is 13.0. The molecule has 12 aromatic heterocycles. The van der Waals surface area contributed by atoms with Gasteiger partial charge in [-0.3, -0.25) is 28.8 Å². The first-order valence-corrected chi connectivity index (χ1v) is 39.9. The third-order valence-electron chi connectivity index (χ3n) is 20.3. The van der Waals surface area contributed by atoms with Crippen LogP contribution >= 0.6 is 0 Å². The predicted molar refractivity (Wildman–Crippen MR) is 527 cm³/mol. The third-order valence-corrected chi connectivity index (χ3v) is 20.3. The van der Waals surface area contributed by atoms with Crippen LogP contribution in [0.3, 0.4) is 0 Å². The van der Waals surface area contributed by atoms with Crippen LogP contribution in [0.4, 0.5) is 34.9 Å². The highest BCUT2D eigenvalue weighted by Gasteiger charge is 2.41. The van der Waals surface area contributed by atoms with E-state index in [2.05, 4.69) is 119 Å². The normalized spacial score (nSPS) is 37.3. The number of carbonyl (C=O) groups is 6. The first kappa shape index (κ1) is 45.7. The number of aromatic nitrogens is 18. The molecular weight excluding hydrogens is 1750 g/mol. The summed E-state index contributed by atoms with van der Waals surface area (Å²) < 4.78 is 526. The number of likely N-dealkylation sites (N-methyl/N-ethyl adjacent to an activating group) is 6. The van der Waals surface area contributed by atoms with Crippen molar-refractivity contribution in [3.05, 3.63) is 180 Å². The maximum Gasteiger partial charge on any atom is 0.302 e. The number of hydrogen-bond acceptors (Lipinski definition) is 24. The fraction of sp³-hybridized carbons (Fsp3) is 0.500. The topological polar surface area (TPSA) is 417 Å². The lowest BCUT2D eigenvalue weighted by Gasteiger charge is -2.41. The molecule has 0 radical (unpaired) electrons. The van der Waals surface area contributed by atoms with Crippen LogP contribution in [0.25, 0.3) is 95.3 Å². The highest BCUT2D eigenvalue weighted by molar-refractivity contribution is 5.93. The first-order valence-electron chi connectivity index (χ1n) is 71.9. The second-order valence-corrected chi connectivity index (χ2v) is 28.9. The van der Waals surface area contributed by atoms with Crippen molar-refractivity contribution >= 4 is 137 Å². The van der Waals surface area contributed by atoms with E-state index in [9.17, 15) is 30.1 Å². The van der Waals surface area contributed by atoms with Crippen molar-refractivity contribution in [2.45, 2.75) is 116 Å². The SMILES string of the molecule is [2H]c1nc(N(C([2H])([2H])[2H])[C@@]2([2H])C([2H])([2H])N(C(=O)C([2H])([2H])[N+]#[C-])C([2H])([2H])C[C@@]2([2H])C([2H])([2H])[2H])c2cc[nH]c2n1.[2H]c1nc(N(C([2H])([2H])[2H])[C@@]2([2H])C([2H])([2H])N(C(=O)C([2H])([2H])[N+]#[C-])C([2H])([2H])C[C@@]2([2H])C)c2cc[nH]c2n1.[2H]c1nc(N(C)[C@@H]2[C@H](C)CCN(C(=O)C[N+]#[C-])C2([2H])[2H])c2cc[nH]c2n1.[2H]c1nc(N(C)[C@@]2([2H])C([2H])([2H])N(C(=O)C([2H])([2H])[N+]#[C-])C([2H])([2H])C[C@@]2([2H])C([2H])([2H])[2H])c2cc[nH]c2n1.[2H]c1nc(N(C)[C@@]2([2H])C([2H])([2H])N(C(=O)C([2H])([2H])[N+]#[C-])C([2H])([2H])C[C@@]2([2H])C)c2cc[nH]c2n1.[2H]c1nc(N([C@@H]2[C@H](C([2H])([2H])[2H])CC([2H])([2H])N(C(=O)C([2H])([2H])[N+]#[C-])C2([2H])[2H])C([2H])([2H])[2H])c2cc[nH]c2n1. The summed E-state index contributed by atoms with van der Waals surface area (Å²) in [5.41, 5.74) is 0.570. The van der Waals surface area contributed by atoms with Gasteiger partial charge in [0.15, 0.2) is 0 Å². The summed E-state index contributed by atoms with van der Waals surface area (Å²) in [7, 11) is 3.94. The number of carbonyl (C=O) groups excluding carboxylic acids is 6. The van der Waals surface area contributed by atoms with Crippen LogP contribution in [-0.4, -0.2) is 350 Å². The quantitative estimate of drug-likeness (QED) is 0.0435. The molecule has 12 atom stereocenters. The molecule has 18 heterocycles. The fourth-order valence-electron chi connectivity index (χ4n) is 13.5. The van der Waals surface area contributed by atoms with Crippen LogP contribution in [0, 0.1) is 74.8 Å². The van der Waals surface area contributed by atoms with E-state index in [4.69, 9.17) is 126 Å². The monoisotopic (exact) mass is 1940 g/mol. The summed E-state index contributed by atoms with van der Waals surface area (Å²) >= 11 is 0. The van der Waals surface area contributed by atoms with E-state index >= 15 is 0 Å². The number of hydrogen-bond donors (Lipinski definition) is 6. The van der Waals surface area contributed by atoms with Crippen molar-refractivity contribution in [1.82, 2.24) is 119 Å². The van der Waals surface area contributed by atoms with Gasteiger partial charge < -0.3 is 118 Å². The molecule has 138 heavy (non-hydrogen) atoms. The van der Waals surface area contributed by atoms with Gasteiger partial charge in [-0.1, -0.05) is 41.3 Å². The summed E-state index contributed by atoms with van der Waals surface area (Å²) in [4.78, 5) is 158. The van der Waals surface area contributed by atoms with Crippen LogP contribution in [0.2, 0.25) is 0 Å². The van der Waals surface area contributed by atoms with Crippen molar-refractivity contribution in [2.75, 3.05) is 189 Å². The largest absolute Gasteiger partial charge is 0.354 e. The minimum Gasteiger partial charge on any atom is -0.354 e. The highest BCUT2D eigenvalue weighted by Crippen LogP contribution is 2.37. The molecule has 42 heteroatoms. The van der Waals surface area contributed by atoms with E-state index in [1.807, 2.05) is 6.92 Å². The average molecular weight is 1940 g/mol. The molecule has 6 amide bonds. The Labute approximate surface area is 891 Å². The summed E-state index contributed by atoms with van der Waals surface area (Å²) in [5, 5.41) is 0.779. The summed E-state index contributed by atoms with van der Waals surface area (Å²) in [6.45, 7) is -28.8. The number of rotatable bonds is 18. The number of piperidine rings is 6. The van der Waals surface area contributed by atoms with Crippen LogP contribution < -0.4 is 29.4 Å². The molecule has 0 aromatic carbocycles. The number of fused-ring (bicyclic) bond motifs is 6. The van der Waals surface area contributed by atoms with E-state index in [-0.39, 0.29) is 116 Å². The Kier molecular flexibility index (Phi) is 15.4. The summed E-state index contributed by atoms with van der Waals surface area (Å²) in [5.74, 6) is -26.3. The van der Waals surface area contributed by atoms with Crippen LogP contribution in [0.15, 0.2) is 111 Å². The number of amides is 6. The first-order chi connectivity index (χ1) is 91.1. The zero-order valence-corrected chi connectivity index (χ0v) is 72.8. The molecule has 12 aromatic rings. The van der Waals surface area contributed by atoms with E-state index in [0.29, 0.717) is 38.5 Å². The van der Waals surface area contributed by atoms with Crippen molar-refractivity contribution in [1.29, 1.82) is 0 Å². The van der Waals surface area contributed by atoms with E-state index < -0.39 is 332 Å². The van der Waals surface area contributed by atoms with Gasteiger partial charge in [0.1, 0.15) is 129 Å². The number of nitrogens with zero attached hydrogens (tertiary/aromatic N) is 30. The molecule has 6 saturated heterocycles. The van der Waals surface area contributed by atoms with E-state index in [1.165, 1.54) is 68.4 Å². The number of likely N-dealkylation sites (tertiary alicyclic amines) is 6. The van der Waals surface area contributed by atoms with E-state index in [1.54, 1.807) is 24.2 Å². The fourth-order valence-corrected chi connectivity index (χ4v) is 13.5. The minimum absolute atomic E-state index is 0.0198. The predicted octanol–water partition coefficient (Wildman–Crippen LogP) is 9.30. The van der Waals surface area contributed by atoms with Crippen molar-refractivity contribution < 1.29 is 116 Å². The molecule has 6 fully saturated rings. The molecule has 0 spiro atoms. The molecule has 42 nitrogen and oxygen atoms in total. The molecule has 0 unspecified atom stereocenters. The number of aromatic amines is 6. The zero-order valence-electron chi connectivity index (χ0n) is 137. The lowest BCUT2D eigenvalue weighted by atomic mass is 9.92. The number of anilines is 6. The Morgan fingerprint density at radius 1 is 0.348 bits per heavy atom. The number of nitrogens with one attached hydrogen (secondary N) is 6. The summed E-state index contributed by atoms with van der Waals surface area (Å²) in [6.07, 6.45) is -0.613. The molecule has 6 aliphatic heterocycles. The van der Waals surface area contributed by atoms with Gasteiger partial charge in [-0.15, -0.1) is 0 Å². The zero-order chi connectivity index (χ0) is 155. The van der Waals surface area contributed by atoms with Gasteiger partial charge in [-0.2, -0.15) is 0 Å². The van der Waals surface area contributed by atoms with Crippen molar-refractivity contribution in [3.8, 4) is 0 Å². The molecule has 720 valence electrons. The third kappa shape index (κ3) is 23.1. The Morgan fingerprint density at radius 2 is 0.616 bits per heavy atom. The van der Waals surface area contributed by atoms with Crippen molar-refractivity contribution in [3.63, 3.8) is 0 Å².